The molecule has 0 radical (unpaired) electrons. The van der Waals surface area contributed by atoms with Crippen LogP contribution >= 0.6 is 11.8 Å². The highest BCUT2D eigenvalue weighted by atomic mass is 32.2. The molecule has 2 heterocycles. The van der Waals surface area contributed by atoms with Crippen LogP contribution in [0.4, 0.5) is 23.4 Å². The summed E-state index contributed by atoms with van der Waals surface area (Å²) in [6.07, 6.45) is -3.78. The SMILES string of the molecule is COC(=O)c1ccc2nc(NC(=O)C(F)(F)F)c(Sc3ccc(F)cc3)n2c1. The molecule has 2 aromatic heterocycles. The normalized spacial score (nSPS) is 11.5. The molecule has 28 heavy (non-hydrogen) atoms. The van der Waals surface area contributed by atoms with E-state index < -0.39 is 23.9 Å². The number of amides is 1. The number of benzene rings is 1. The molecule has 11 heteroatoms. The number of halogens is 4. The molecule has 1 amide bonds. The summed E-state index contributed by atoms with van der Waals surface area (Å²) in [6, 6.07) is 7.97. The number of anilines is 1. The summed E-state index contributed by atoms with van der Waals surface area (Å²) in [5.74, 6) is -3.68. The van der Waals surface area contributed by atoms with Gasteiger partial charge in [-0.2, -0.15) is 13.2 Å². The molecule has 6 nitrogen and oxygen atoms in total. The lowest BCUT2D eigenvalue weighted by Gasteiger charge is -2.08. The number of imidazole rings is 1. The first-order valence-corrected chi connectivity index (χ1v) is 8.42. The second-order valence-electron chi connectivity index (χ2n) is 5.41. The number of ether oxygens (including phenoxy) is 1. The van der Waals surface area contributed by atoms with Crippen molar-refractivity contribution in [3.05, 3.63) is 54.0 Å². The number of pyridine rings is 1. The van der Waals surface area contributed by atoms with Gasteiger partial charge in [-0.15, -0.1) is 0 Å². The fraction of sp³-hybridized carbons (Fsp3) is 0.118. The molecule has 1 aromatic carbocycles. The van der Waals surface area contributed by atoms with Crippen molar-refractivity contribution < 1.29 is 31.9 Å². The minimum Gasteiger partial charge on any atom is -0.465 e. The zero-order chi connectivity index (χ0) is 20.5. The third kappa shape index (κ3) is 4.09. The average molecular weight is 413 g/mol. The standard InChI is InChI=1S/C17H11F4N3O3S/c1-27-15(25)9-2-7-12-22-13(23-16(26)17(19,20)21)14(24(12)8-9)28-11-5-3-10(18)4-6-11/h2-8H,1H3,(H,23,26). The summed E-state index contributed by atoms with van der Waals surface area (Å²) < 4.78 is 57.1. The maximum Gasteiger partial charge on any atom is 0.471 e. The van der Waals surface area contributed by atoms with Crippen molar-refractivity contribution in [2.75, 3.05) is 12.4 Å². The lowest BCUT2D eigenvalue weighted by molar-refractivity contribution is -0.167. The Morgan fingerprint density at radius 3 is 2.43 bits per heavy atom. The van der Waals surface area contributed by atoms with Gasteiger partial charge in [-0.1, -0.05) is 11.8 Å². The molecule has 3 aromatic rings. The Hall–Kier alpha value is -3.08. The van der Waals surface area contributed by atoms with Crippen LogP contribution < -0.4 is 5.32 Å². The van der Waals surface area contributed by atoms with Crippen molar-refractivity contribution in [1.29, 1.82) is 0 Å². The van der Waals surface area contributed by atoms with Crippen LogP contribution in [-0.4, -0.2) is 34.5 Å². The Kier molecular flexibility index (Phi) is 5.27. The van der Waals surface area contributed by atoms with Gasteiger partial charge in [0.2, 0.25) is 0 Å². The maximum absolute atomic E-state index is 13.1. The largest absolute Gasteiger partial charge is 0.471 e. The van der Waals surface area contributed by atoms with Gasteiger partial charge in [-0.05, 0) is 36.4 Å². The second-order valence-corrected chi connectivity index (χ2v) is 6.47. The smallest absolute Gasteiger partial charge is 0.465 e. The first-order chi connectivity index (χ1) is 13.2. The zero-order valence-corrected chi connectivity index (χ0v) is 14.9. The second kappa shape index (κ2) is 7.50. The third-order valence-electron chi connectivity index (χ3n) is 3.51. The maximum atomic E-state index is 13.1. The van der Waals surface area contributed by atoms with Crippen LogP contribution in [0.5, 0.6) is 0 Å². The molecule has 0 aliphatic heterocycles. The summed E-state index contributed by atoms with van der Waals surface area (Å²) in [5, 5.41) is 1.83. The molecule has 1 N–H and O–H groups in total. The van der Waals surface area contributed by atoms with E-state index in [0.717, 1.165) is 11.8 Å². The van der Waals surface area contributed by atoms with Crippen LogP contribution in [0.3, 0.4) is 0 Å². The molecule has 0 bridgehead atoms. The molecule has 0 saturated carbocycles. The van der Waals surface area contributed by atoms with Gasteiger partial charge in [0.25, 0.3) is 0 Å². The number of nitrogens with zero attached hydrogens (tertiary/aromatic N) is 2. The fourth-order valence-corrected chi connectivity index (χ4v) is 3.17. The van der Waals surface area contributed by atoms with Gasteiger partial charge < -0.3 is 10.1 Å². The van der Waals surface area contributed by atoms with E-state index >= 15 is 0 Å². The molecular formula is C17H11F4N3O3S. The minimum atomic E-state index is -5.11. The number of hydrogen-bond donors (Lipinski definition) is 1. The van der Waals surface area contributed by atoms with E-state index in [1.807, 2.05) is 0 Å². The molecule has 0 spiro atoms. The van der Waals surface area contributed by atoms with E-state index in [9.17, 15) is 27.2 Å². The number of carbonyl (C=O) groups excluding carboxylic acids is 2. The van der Waals surface area contributed by atoms with Crippen LogP contribution in [0, 0.1) is 5.82 Å². The highest BCUT2D eigenvalue weighted by Crippen LogP contribution is 2.35. The van der Waals surface area contributed by atoms with E-state index in [4.69, 9.17) is 0 Å². The molecule has 146 valence electrons. The summed E-state index contributed by atoms with van der Waals surface area (Å²) in [7, 11) is 1.18. The number of nitrogens with one attached hydrogen (secondary N) is 1. The highest BCUT2D eigenvalue weighted by Gasteiger charge is 2.39. The monoisotopic (exact) mass is 413 g/mol. The van der Waals surface area contributed by atoms with Gasteiger partial charge in [-0.3, -0.25) is 9.20 Å². The van der Waals surface area contributed by atoms with Crippen LogP contribution in [0.1, 0.15) is 10.4 Å². The number of fused-ring (bicyclic) bond motifs is 1. The molecule has 0 saturated heterocycles. The van der Waals surface area contributed by atoms with Crippen LogP contribution in [0.2, 0.25) is 0 Å². The predicted octanol–water partition coefficient (Wildman–Crippen LogP) is 3.91. The van der Waals surface area contributed by atoms with Crippen molar-refractivity contribution in [1.82, 2.24) is 9.38 Å². The van der Waals surface area contributed by atoms with Gasteiger partial charge in [0.15, 0.2) is 5.82 Å². The van der Waals surface area contributed by atoms with Crippen LogP contribution in [0.15, 0.2) is 52.5 Å². The fourth-order valence-electron chi connectivity index (χ4n) is 2.23. The first-order valence-electron chi connectivity index (χ1n) is 7.61. The quantitative estimate of drug-likeness (QED) is 0.519. The third-order valence-corrected chi connectivity index (χ3v) is 4.60. The van der Waals surface area contributed by atoms with Crippen LogP contribution in [0.25, 0.3) is 5.65 Å². The number of methoxy groups -OCH3 is 1. The molecule has 0 aliphatic carbocycles. The van der Waals surface area contributed by atoms with E-state index in [-0.39, 0.29) is 22.1 Å². The summed E-state index contributed by atoms with van der Waals surface area (Å²) in [6.45, 7) is 0. The Morgan fingerprint density at radius 1 is 1.14 bits per heavy atom. The molecule has 0 fully saturated rings. The van der Waals surface area contributed by atoms with Crippen LogP contribution in [-0.2, 0) is 9.53 Å². The van der Waals surface area contributed by atoms with Gasteiger partial charge in [-0.25, -0.2) is 14.2 Å². The van der Waals surface area contributed by atoms with Gasteiger partial charge in [0.05, 0.1) is 12.7 Å². The van der Waals surface area contributed by atoms with E-state index in [1.165, 1.54) is 54.1 Å². The summed E-state index contributed by atoms with van der Waals surface area (Å²) >= 11 is 0.939. The Bertz CT molecular complexity index is 1050. The number of rotatable bonds is 4. The van der Waals surface area contributed by atoms with E-state index in [0.29, 0.717) is 4.90 Å². The number of carbonyl (C=O) groups is 2. The number of alkyl halides is 3. The molecule has 0 atom stereocenters. The van der Waals surface area contributed by atoms with E-state index in [2.05, 4.69) is 9.72 Å². The van der Waals surface area contributed by atoms with Crippen molar-refractivity contribution >= 4 is 35.1 Å². The Labute approximate surface area is 159 Å². The Morgan fingerprint density at radius 2 is 1.82 bits per heavy atom. The van der Waals surface area contributed by atoms with E-state index in [1.54, 1.807) is 5.32 Å². The molecule has 3 rings (SSSR count). The predicted molar refractivity (Wildman–Crippen MR) is 91.7 cm³/mol. The highest BCUT2D eigenvalue weighted by molar-refractivity contribution is 7.99. The van der Waals surface area contributed by atoms with Gasteiger partial charge in [0, 0.05) is 11.1 Å². The van der Waals surface area contributed by atoms with Gasteiger partial charge in [0.1, 0.15) is 16.5 Å². The average Bonchev–Trinajstić information content (AvgIpc) is 2.98. The van der Waals surface area contributed by atoms with Crippen molar-refractivity contribution in [2.24, 2.45) is 0 Å². The first kappa shape index (κ1) is 19.7. The zero-order valence-electron chi connectivity index (χ0n) is 14.1. The number of hydrogen-bond acceptors (Lipinski definition) is 5. The lowest BCUT2D eigenvalue weighted by Crippen LogP contribution is -2.30. The number of aromatic nitrogens is 2. The molecule has 0 unspecified atom stereocenters. The molecular weight excluding hydrogens is 402 g/mol. The topological polar surface area (TPSA) is 72.7 Å². The van der Waals surface area contributed by atoms with Crippen molar-refractivity contribution in [2.45, 2.75) is 16.1 Å². The lowest BCUT2D eigenvalue weighted by atomic mass is 10.3. The Balaban J connectivity index is 2.10. The van der Waals surface area contributed by atoms with Crippen molar-refractivity contribution in [3.8, 4) is 0 Å². The summed E-state index contributed by atoms with van der Waals surface area (Å²) in [5.41, 5.74) is 0.316. The molecule has 0 aliphatic rings. The summed E-state index contributed by atoms with van der Waals surface area (Å²) in [4.78, 5) is 27.6. The van der Waals surface area contributed by atoms with Crippen molar-refractivity contribution in [3.63, 3.8) is 0 Å². The number of esters is 1. The minimum absolute atomic E-state index is 0.102. The van der Waals surface area contributed by atoms with Gasteiger partial charge >= 0.3 is 18.1 Å².